The lowest BCUT2D eigenvalue weighted by Crippen LogP contribution is -2.02. The number of rotatable bonds is 3. The van der Waals surface area contributed by atoms with Crippen LogP contribution in [0.25, 0.3) is 0 Å². The molecule has 0 bridgehead atoms. The van der Waals surface area contributed by atoms with Gasteiger partial charge in [-0.3, -0.25) is 0 Å². The predicted octanol–water partition coefficient (Wildman–Crippen LogP) is 5.40. The maximum Gasteiger partial charge on any atom is 0.147 e. The van der Waals surface area contributed by atoms with Crippen LogP contribution in [0.15, 0.2) is 36.4 Å². The van der Waals surface area contributed by atoms with Crippen molar-refractivity contribution >= 4 is 40.5 Å². The highest BCUT2D eigenvalue weighted by atomic mass is 35.5. The Labute approximate surface area is 119 Å². The molecule has 5 heteroatoms. The van der Waals surface area contributed by atoms with Crippen molar-refractivity contribution < 1.29 is 4.39 Å². The first-order chi connectivity index (χ1) is 8.58. The fourth-order valence-electron chi connectivity index (χ4n) is 1.51. The van der Waals surface area contributed by atoms with Gasteiger partial charge < -0.3 is 5.32 Å². The monoisotopic (exact) mass is 303 g/mol. The molecule has 0 unspecified atom stereocenters. The molecule has 2 rings (SSSR count). The number of nitrogens with one attached hydrogen (secondary N) is 1. The smallest absolute Gasteiger partial charge is 0.147 e. The average molecular weight is 305 g/mol. The third kappa shape index (κ3) is 3.08. The van der Waals surface area contributed by atoms with Gasteiger partial charge in [-0.25, -0.2) is 4.39 Å². The van der Waals surface area contributed by atoms with Gasteiger partial charge in [0.2, 0.25) is 0 Å². The molecule has 0 fully saturated rings. The molecule has 94 valence electrons. The molecule has 0 heterocycles. The number of hydrogen-bond acceptors (Lipinski definition) is 1. The zero-order valence-corrected chi connectivity index (χ0v) is 11.5. The Kier molecular flexibility index (Phi) is 4.33. The fraction of sp³-hybridized carbons (Fsp3) is 0.0769. The lowest BCUT2D eigenvalue weighted by atomic mass is 10.2. The lowest BCUT2D eigenvalue weighted by Gasteiger charge is -2.10. The number of anilines is 1. The molecule has 0 saturated heterocycles. The largest absolute Gasteiger partial charge is 0.377 e. The van der Waals surface area contributed by atoms with Gasteiger partial charge in [0.1, 0.15) is 5.82 Å². The van der Waals surface area contributed by atoms with Crippen LogP contribution in [0.2, 0.25) is 15.1 Å². The molecule has 0 radical (unpaired) electrons. The van der Waals surface area contributed by atoms with Gasteiger partial charge in [0.15, 0.2) is 0 Å². The number of para-hydroxylation sites is 1. The van der Waals surface area contributed by atoms with Crippen molar-refractivity contribution in [2.75, 3.05) is 5.32 Å². The number of hydrogen-bond donors (Lipinski definition) is 1. The van der Waals surface area contributed by atoms with Crippen LogP contribution in [-0.2, 0) is 6.54 Å². The third-order valence-corrected chi connectivity index (χ3v) is 3.47. The Morgan fingerprint density at radius 3 is 2.39 bits per heavy atom. The van der Waals surface area contributed by atoms with Gasteiger partial charge >= 0.3 is 0 Å². The summed E-state index contributed by atoms with van der Waals surface area (Å²) < 4.78 is 13.5. The minimum atomic E-state index is -0.387. The average Bonchev–Trinajstić information content (AvgIpc) is 2.33. The van der Waals surface area contributed by atoms with Crippen LogP contribution in [0.5, 0.6) is 0 Å². The summed E-state index contributed by atoms with van der Waals surface area (Å²) in [7, 11) is 0. The molecule has 0 aliphatic carbocycles. The zero-order valence-electron chi connectivity index (χ0n) is 9.18. The molecular weight excluding hydrogens is 296 g/mol. The van der Waals surface area contributed by atoms with E-state index in [2.05, 4.69) is 5.32 Å². The van der Waals surface area contributed by atoms with Crippen molar-refractivity contribution in [3.63, 3.8) is 0 Å². The Hall–Kier alpha value is -0.960. The second-order valence-corrected chi connectivity index (χ2v) is 4.92. The van der Waals surface area contributed by atoms with Gasteiger partial charge in [-0.1, -0.05) is 46.9 Å². The molecule has 0 aromatic heterocycles. The summed E-state index contributed by atoms with van der Waals surface area (Å²) in [6.07, 6.45) is 0. The lowest BCUT2D eigenvalue weighted by molar-refractivity contribution is 0.630. The second-order valence-electron chi connectivity index (χ2n) is 3.70. The second kappa shape index (κ2) is 5.79. The van der Waals surface area contributed by atoms with E-state index in [0.29, 0.717) is 21.6 Å². The van der Waals surface area contributed by atoms with Crippen molar-refractivity contribution in [1.82, 2.24) is 0 Å². The summed E-state index contributed by atoms with van der Waals surface area (Å²) in [5.41, 5.74) is 1.17. The Morgan fingerprint density at radius 2 is 1.72 bits per heavy atom. The number of halogens is 4. The molecule has 0 aliphatic rings. The van der Waals surface area contributed by atoms with Crippen LogP contribution >= 0.6 is 34.8 Å². The molecule has 18 heavy (non-hydrogen) atoms. The van der Waals surface area contributed by atoms with Gasteiger partial charge in [0.05, 0.1) is 20.8 Å². The molecule has 0 atom stereocenters. The highest BCUT2D eigenvalue weighted by Crippen LogP contribution is 2.26. The van der Waals surface area contributed by atoms with Crippen molar-refractivity contribution in [3.8, 4) is 0 Å². The van der Waals surface area contributed by atoms with E-state index in [1.165, 1.54) is 6.07 Å². The van der Waals surface area contributed by atoms with Crippen molar-refractivity contribution in [2.45, 2.75) is 6.54 Å². The van der Waals surface area contributed by atoms with Gasteiger partial charge in [0.25, 0.3) is 0 Å². The molecule has 1 N–H and O–H groups in total. The van der Waals surface area contributed by atoms with E-state index in [4.69, 9.17) is 34.8 Å². The maximum absolute atomic E-state index is 13.5. The van der Waals surface area contributed by atoms with Crippen molar-refractivity contribution in [2.24, 2.45) is 0 Å². The van der Waals surface area contributed by atoms with Gasteiger partial charge in [-0.15, -0.1) is 0 Å². The molecule has 0 aliphatic heterocycles. The van der Waals surface area contributed by atoms with E-state index < -0.39 is 0 Å². The summed E-state index contributed by atoms with van der Waals surface area (Å²) in [5, 5.41) is 4.24. The standard InChI is InChI=1S/C13H9Cl3FN/c14-9-5-4-8(6-11(9)16)7-18-13-10(15)2-1-3-12(13)17/h1-6,18H,7H2. The molecule has 2 aromatic carbocycles. The first kappa shape index (κ1) is 13.5. The van der Waals surface area contributed by atoms with E-state index in [1.807, 2.05) is 6.07 Å². The highest BCUT2D eigenvalue weighted by Gasteiger charge is 2.06. The summed E-state index contributed by atoms with van der Waals surface area (Å²) in [5.74, 6) is -0.387. The van der Waals surface area contributed by atoms with E-state index in [-0.39, 0.29) is 11.5 Å². The normalized spacial score (nSPS) is 10.4. The summed E-state index contributed by atoms with van der Waals surface area (Å²) in [4.78, 5) is 0. The van der Waals surface area contributed by atoms with Crippen molar-refractivity contribution in [3.05, 3.63) is 62.8 Å². The predicted molar refractivity (Wildman–Crippen MR) is 75.2 cm³/mol. The van der Waals surface area contributed by atoms with Crippen LogP contribution in [0.3, 0.4) is 0 Å². The minimum Gasteiger partial charge on any atom is -0.377 e. The maximum atomic E-state index is 13.5. The van der Waals surface area contributed by atoms with Crippen molar-refractivity contribution in [1.29, 1.82) is 0 Å². The molecule has 0 saturated carbocycles. The summed E-state index contributed by atoms with van der Waals surface area (Å²) in [6.45, 7) is 0.414. The SMILES string of the molecule is Fc1cccc(Cl)c1NCc1ccc(Cl)c(Cl)c1. The van der Waals surface area contributed by atoms with Crippen LogP contribution in [0, 0.1) is 5.82 Å². The topological polar surface area (TPSA) is 12.0 Å². The van der Waals surface area contributed by atoms with Crippen LogP contribution in [-0.4, -0.2) is 0 Å². The third-order valence-electron chi connectivity index (χ3n) is 2.42. The van der Waals surface area contributed by atoms with Gasteiger partial charge in [-0.05, 0) is 29.8 Å². The van der Waals surface area contributed by atoms with Gasteiger partial charge in [-0.2, -0.15) is 0 Å². The molecule has 0 amide bonds. The van der Waals surface area contributed by atoms with E-state index >= 15 is 0 Å². The molecule has 2 aromatic rings. The Balaban J connectivity index is 2.14. The Bertz CT molecular complexity index is 552. The number of benzene rings is 2. The van der Waals surface area contributed by atoms with Gasteiger partial charge in [0, 0.05) is 6.54 Å². The Morgan fingerprint density at radius 1 is 0.944 bits per heavy atom. The quantitative estimate of drug-likeness (QED) is 0.800. The van der Waals surface area contributed by atoms with Crippen LogP contribution in [0.4, 0.5) is 10.1 Å². The van der Waals surface area contributed by atoms with Crippen LogP contribution in [0.1, 0.15) is 5.56 Å². The van der Waals surface area contributed by atoms with E-state index in [1.54, 1.807) is 24.3 Å². The summed E-state index contributed by atoms with van der Waals surface area (Å²) >= 11 is 17.6. The molecule has 0 spiro atoms. The van der Waals surface area contributed by atoms with E-state index in [9.17, 15) is 4.39 Å². The minimum absolute atomic E-state index is 0.283. The highest BCUT2D eigenvalue weighted by molar-refractivity contribution is 6.42. The first-order valence-electron chi connectivity index (χ1n) is 5.20. The molecule has 1 nitrogen and oxygen atoms in total. The van der Waals surface area contributed by atoms with E-state index in [0.717, 1.165) is 5.56 Å². The van der Waals surface area contributed by atoms with Crippen LogP contribution < -0.4 is 5.32 Å². The summed E-state index contributed by atoms with van der Waals surface area (Å²) in [6, 6.07) is 9.78. The zero-order chi connectivity index (χ0) is 13.1. The fourth-order valence-corrected chi connectivity index (χ4v) is 2.06. The first-order valence-corrected chi connectivity index (χ1v) is 6.33. The molecular formula is C13H9Cl3FN.